The van der Waals surface area contributed by atoms with Crippen molar-refractivity contribution in [1.29, 1.82) is 0 Å². The number of pyridine rings is 1. The Morgan fingerprint density at radius 3 is 2.43 bits per heavy atom. The van der Waals surface area contributed by atoms with Crippen LogP contribution in [0, 0.1) is 0 Å². The summed E-state index contributed by atoms with van der Waals surface area (Å²) in [7, 11) is 0. The fourth-order valence-electron chi connectivity index (χ4n) is 10.7. The van der Waals surface area contributed by atoms with Gasteiger partial charge in [-0.05, 0) is 114 Å². The van der Waals surface area contributed by atoms with Gasteiger partial charge in [-0.3, -0.25) is 19.4 Å². The zero-order valence-corrected chi connectivity index (χ0v) is 37.4. The summed E-state index contributed by atoms with van der Waals surface area (Å²) >= 11 is 0. The van der Waals surface area contributed by atoms with Crippen LogP contribution in [0.4, 0.5) is 10.5 Å². The number of fused-ring (bicyclic) bond motifs is 5. The number of aromatic amines is 1. The number of phenols is 1. The molecule has 2 saturated heterocycles. The van der Waals surface area contributed by atoms with Crippen molar-refractivity contribution in [1.82, 2.24) is 34.0 Å². The molecule has 15 heteroatoms. The van der Waals surface area contributed by atoms with E-state index in [9.17, 15) is 24.3 Å². The van der Waals surface area contributed by atoms with Crippen LogP contribution in [0.5, 0.6) is 11.5 Å². The lowest BCUT2D eigenvalue weighted by Gasteiger charge is -2.42. The van der Waals surface area contributed by atoms with Crippen LogP contribution in [0.15, 0.2) is 81.9 Å². The first-order valence-electron chi connectivity index (χ1n) is 23.1. The van der Waals surface area contributed by atoms with Gasteiger partial charge in [0, 0.05) is 80.9 Å². The van der Waals surface area contributed by atoms with Crippen molar-refractivity contribution in [3.8, 4) is 28.6 Å². The highest BCUT2D eigenvalue weighted by atomic mass is 16.6. The predicted molar refractivity (Wildman–Crippen MR) is 246 cm³/mol. The number of hydrogen-bond donors (Lipinski definition) is 3. The quantitative estimate of drug-likeness (QED) is 0.132. The fraction of sp³-hybridized carbons (Fsp3) is 0.420. The molecule has 15 nitrogen and oxygen atoms in total. The zero-order valence-electron chi connectivity index (χ0n) is 37.4. The number of allylic oxidation sites excluding steroid dienone is 1. The number of anilines is 1. The molecule has 2 fully saturated rings. The van der Waals surface area contributed by atoms with Gasteiger partial charge in [0.1, 0.15) is 18.1 Å². The predicted octanol–water partition coefficient (Wildman–Crippen LogP) is 6.89. The number of aromatic hydroxyl groups is 1. The molecule has 3 aromatic carbocycles. The van der Waals surface area contributed by atoms with E-state index in [2.05, 4.69) is 44.4 Å². The molecule has 5 aliphatic rings. The molecule has 0 spiro atoms. The Hall–Kier alpha value is -6.45. The Balaban J connectivity index is 0.726. The highest BCUT2D eigenvalue weighted by molar-refractivity contribution is 5.85. The number of carbonyl (C=O) groups is 2. The molecule has 3 N–H and O–H groups in total. The molecule has 5 aliphatic heterocycles. The van der Waals surface area contributed by atoms with Crippen LogP contribution in [0.2, 0.25) is 0 Å². The van der Waals surface area contributed by atoms with Gasteiger partial charge in [-0.25, -0.2) is 19.3 Å². The van der Waals surface area contributed by atoms with E-state index < -0.39 is 5.92 Å². The normalized spacial score (nSPS) is 20.0. The molecule has 10 rings (SSSR count). The maximum absolute atomic E-state index is 13.7. The Morgan fingerprint density at radius 2 is 1.71 bits per heavy atom. The third kappa shape index (κ3) is 7.73. The van der Waals surface area contributed by atoms with Crippen molar-refractivity contribution in [3.05, 3.63) is 127 Å². The van der Waals surface area contributed by atoms with Crippen LogP contribution in [0.1, 0.15) is 105 Å². The van der Waals surface area contributed by atoms with Crippen molar-refractivity contribution >= 4 is 23.3 Å². The van der Waals surface area contributed by atoms with Gasteiger partial charge in [0.15, 0.2) is 5.82 Å². The maximum atomic E-state index is 13.7. The number of hydrogen-bond acceptors (Lipinski definition) is 11. The van der Waals surface area contributed by atoms with E-state index in [1.165, 1.54) is 5.56 Å². The monoisotopic (exact) mass is 880 g/mol. The number of esters is 1. The number of likely N-dealkylation sites (tertiary alicyclic amines) is 1. The second kappa shape index (κ2) is 17.2. The number of benzene rings is 3. The Kier molecular flexibility index (Phi) is 11.2. The lowest BCUT2D eigenvalue weighted by atomic mass is 9.87. The molecule has 1 amide bonds. The first-order chi connectivity index (χ1) is 31.5. The molecular formula is C50H56N8O7. The van der Waals surface area contributed by atoms with E-state index in [0.29, 0.717) is 49.2 Å². The third-order valence-corrected chi connectivity index (χ3v) is 14.3. The number of nitrogens with zero attached hydrogens (tertiary/aromatic N) is 6. The SMILES string of the molecule is CCC1=C2Cn3c(cc4c(c3=O)COC(=O)C4CC)C2Nc2ccc(OC(=O)N3CCC(N4CCN(Cc5ccc(-n6c(-c7ccc(O)c(C(C)C)c7)n[nH]c6=O)cc5)CC4)CC3)cc21. The van der Waals surface area contributed by atoms with Crippen molar-refractivity contribution in [3.63, 3.8) is 0 Å². The van der Waals surface area contributed by atoms with E-state index in [1.807, 2.05) is 72.7 Å². The molecule has 2 unspecified atom stereocenters. The van der Waals surface area contributed by atoms with E-state index in [0.717, 1.165) is 102 Å². The minimum atomic E-state index is -0.437. The summed E-state index contributed by atoms with van der Waals surface area (Å²) in [5.41, 5.74) is 9.39. The van der Waals surface area contributed by atoms with Crippen molar-refractivity contribution in [2.45, 2.75) is 97.0 Å². The summed E-state index contributed by atoms with van der Waals surface area (Å²) < 4.78 is 14.8. The van der Waals surface area contributed by atoms with Crippen LogP contribution in [0.25, 0.3) is 22.6 Å². The van der Waals surface area contributed by atoms with Crippen molar-refractivity contribution in [2.24, 2.45) is 0 Å². The number of rotatable bonds is 9. The molecule has 7 heterocycles. The number of cyclic esters (lactones) is 1. The summed E-state index contributed by atoms with van der Waals surface area (Å²) in [6.07, 6.45) is 2.75. The lowest BCUT2D eigenvalue weighted by molar-refractivity contribution is -0.148. The Labute approximate surface area is 377 Å². The van der Waals surface area contributed by atoms with E-state index in [-0.39, 0.29) is 47.6 Å². The zero-order chi connectivity index (χ0) is 45.1. The average molecular weight is 881 g/mol. The second-order valence-corrected chi connectivity index (χ2v) is 18.3. The van der Waals surface area contributed by atoms with E-state index in [1.54, 1.807) is 16.7 Å². The van der Waals surface area contributed by atoms with Gasteiger partial charge in [0.05, 0.1) is 23.2 Å². The Bertz CT molecular complexity index is 2820. The van der Waals surface area contributed by atoms with Crippen LogP contribution < -0.4 is 21.3 Å². The molecule has 0 aliphatic carbocycles. The number of nitrogens with one attached hydrogen (secondary N) is 2. The summed E-state index contributed by atoms with van der Waals surface area (Å²) in [5, 5.41) is 20.9. The fourth-order valence-corrected chi connectivity index (χ4v) is 10.7. The summed E-state index contributed by atoms with van der Waals surface area (Å²) in [5.74, 6) is 0.623. The highest BCUT2D eigenvalue weighted by Crippen LogP contribution is 2.47. The van der Waals surface area contributed by atoms with Gasteiger partial charge in [-0.1, -0.05) is 39.8 Å². The van der Waals surface area contributed by atoms with Crippen LogP contribution in [-0.4, -0.2) is 96.5 Å². The van der Waals surface area contributed by atoms with Crippen LogP contribution >= 0.6 is 0 Å². The maximum Gasteiger partial charge on any atom is 0.415 e. The number of aromatic nitrogens is 4. The second-order valence-electron chi connectivity index (χ2n) is 18.3. The topological polar surface area (TPSA) is 167 Å². The number of carbonyl (C=O) groups excluding carboxylic acids is 2. The lowest BCUT2D eigenvalue weighted by Crippen LogP contribution is -2.53. The molecule has 0 bridgehead atoms. The molecule has 338 valence electrons. The molecule has 0 saturated carbocycles. The molecule has 5 aromatic rings. The van der Waals surface area contributed by atoms with Crippen molar-refractivity contribution < 1.29 is 24.2 Å². The van der Waals surface area contributed by atoms with Gasteiger partial charge in [-0.2, -0.15) is 5.10 Å². The average Bonchev–Trinajstić information content (AvgIpc) is 3.89. The van der Waals surface area contributed by atoms with Gasteiger partial charge in [0.2, 0.25) is 0 Å². The smallest absolute Gasteiger partial charge is 0.415 e. The molecular weight excluding hydrogens is 825 g/mol. The molecule has 65 heavy (non-hydrogen) atoms. The van der Waals surface area contributed by atoms with Gasteiger partial charge >= 0.3 is 17.8 Å². The van der Waals surface area contributed by atoms with Gasteiger partial charge in [-0.15, -0.1) is 0 Å². The number of H-pyrrole nitrogens is 1. The number of ether oxygens (including phenoxy) is 2. The van der Waals surface area contributed by atoms with Gasteiger partial charge in [0.25, 0.3) is 5.56 Å². The third-order valence-electron chi connectivity index (χ3n) is 14.3. The molecule has 2 atom stereocenters. The largest absolute Gasteiger partial charge is 0.508 e. The van der Waals surface area contributed by atoms with E-state index >= 15 is 0 Å². The number of piperazine rings is 1. The first kappa shape index (κ1) is 42.5. The molecule has 2 aromatic heterocycles. The number of phenolic OH excluding ortho intramolecular Hbond substituents is 1. The summed E-state index contributed by atoms with van der Waals surface area (Å²) in [4.78, 5) is 59.6. The van der Waals surface area contributed by atoms with E-state index in [4.69, 9.17) is 9.47 Å². The van der Waals surface area contributed by atoms with Crippen LogP contribution in [-0.2, 0) is 29.2 Å². The summed E-state index contributed by atoms with van der Waals surface area (Å²) in [6.45, 7) is 14.4. The molecule has 0 radical (unpaired) electrons. The minimum Gasteiger partial charge on any atom is -0.508 e. The standard InChI is InChI=1S/C50H56N8O7/c1-5-35-39-24-34(12-13-42(39)51-45-40(35)27-57-43(45)25-38-36(6-2)48(61)64-28-41(38)47(57)60)65-50(63)56-17-15-32(16-18-56)55-21-19-54(20-22-55)26-30-7-10-33(11-8-30)58-46(52-53-49(58)62)31-9-14-44(59)37(23-31)29(3)4/h7-14,23-25,29,32,36,45,51,59H,5-6,15-22,26-28H2,1-4H3,(H,53,62). The number of amides is 1. The Morgan fingerprint density at radius 1 is 0.938 bits per heavy atom. The summed E-state index contributed by atoms with van der Waals surface area (Å²) in [6, 6.07) is 21.4. The highest BCUT2D eigenvalue weighted by Gasteiger charge is 2.39. The van der Waals surface area contributed by atoms with Crippen molar-refractivity contribution in [2.75, 3.05) is 44.6 Å². The first-order valence-corrected chi connectivity index (χ1v) is 23.1. The van der Waals surface area contributed by atoms with Crippen LogP contribution in [0.3, 0.4) is 0 Å². The minimum absolute atomic E-state index is 0.00977. The van der Waals surface area contributed by atoms with Gasteiger partial charge < -0.3 is 29.4 Å². The number of piperidine rings is 1.